The van der Waals surface area contributed by atoms with Crippen LogP contribution in [0.1, 0.15) is 22.4 Å². The van der Waals surface area contributed by atoms with Gasteiger partial charge in [0.2, 0.25) is 15.2 Å². The molecule has 2 atom stereocenters. The van der Waals surface area contributed by atoms with Gasteiger partial charge >= 0.3 is 0 Å². The van der Waals surface area contributed by atoms with Crippen molar-refractivity contribution in [1.82, 2.24) is 14.9 Å². The quantitative estimate of drug-likeness (QED) is 0.431. The van der Waals surface area contributed by atoms with Gasteiger partial charge in [-0.25, -0.2) is 13.1 Å². The van der Waals surface area contributed by atoms with Crippen LogP contribution in [0.3, 0.4) is 0 Å². The summed E-state index contributed by atoms with van der Waals surface area (Å²) in [6, 6.07) is 17.7. The van der Waals surface area contributed by atoms with E-state index >= 15 is 0 Å². The van der Waals surface area contributed by atoms with Crippen molar-refractivity contribution >= 4 is 60.6 Å². The molecule has 0 aliphatic heterocycles. The maximum Gasteiger partial charge on any atom is 0.241 e. The third-order valence-electron chi connectivity index (χ3n) is 4.97. The van der Waals surface area contributed by atoms with Crippen molar-refractivity contribution in [2.24, 2.45) is 0 Å². The Bertz CT molecular complexity index is 1350. The Morgan fingerprint density at radius 2 is 1.70 bits per heavy atom. The zero-order valence-corrected chi connectivity index (χ0v) is 18.5. The van der Waals surface area contributed by atoms with Crippen LogP contribution < -0.4 is 10.5 Å². The number of aromatic nitrogens is 2. The molecule has 0 radical (unpaired) electrons. The number of rotatable bonds is 5. The Labute approximate surface area is 186 Å². The number of nitrogens with zero attached hydrogens (tertiary/aromatic N) is 2. The Morgan fingerprint density at radius 3 is 2.37 bits per heavy atom. The van der Waals surface area contributed by atoms with Crippen LogP contribution in [0.25, 0.3) is 10.8 Å². The molecule has 0 spiro atoms. The van der Waals surface area contributed by atoms with E-state index in [4.69, 9.17) is 17.3 Å². The number of nitrogens with one attached hydrogen (secondary N) is 1. The average molecular weight is 475 g/mol. The van der Waals surface area contributed by atoms with Crippen LogP contribution >= 0.6 is 34.7 Å². The Morgan fingerprint density at radius 1 is 1.00 bits per heavy atom. The lowest BCUT2D eigenvalue weighted by molar-refractivity contribution is 0.557. The first-order valence-corrected chi connectivity index (χ1v) is 12.5. The van der Waals surface area contributed by atoms with E-state index in [0.717, 1.165) is 21.9 Å². The highest BCUT2D eigenvalue weighted by Gasteiger charge is 2.38. The van der Waals surface area contributed by atoms with Gasteiger partial charge in [0, 0.05) is 5.02 Å². The molecule has 0 amide bonds. The summed E-state index contributed by atoms with van der Waals surface area (Å²) in [6.45, 7) is 0. The van der Waals surface area contributed by atoms with E-state index in [1.165, 1.54) is 35.2 Å². The Hall–Kier alpha value is -2.17. The minimum atomic E-state index is -3.77. The summed E-state index contributed by atoms with van der Waals surface area (Å²) in [5.74, 6) is 0. The van der Waals surface area contributed by atoms with Crippen LogP contribution in [0.2, 0.25) is 5.02 Å². The Balaban J connectivity index is 1.59. The van der Waals surface area contributed by atoms with Crippen LogP contribution in [0.4, 0.5) is 5.13 Å². The van der Waals surface area contributed by atoms with E-state index < -0.39 is 16.1 Å². The lowest BCUT2D eigenvalue weighted by atomic mass is 10.1. The number of anilines is 1. The van der Waals surface area contributed by atoms with Gasteiger partial charge < -0.3 is 5.73 Å². The van der Waals surface area contributed by atoms with Gasteiger partial charge in [-0.1, -0.05) is 71.1 Å². The molecule has 0 saturated heterocycles. The molecule has 0 bridgehead atoms. The SMILES string of the molecule is Nc1nnc(SC2c3cccc4cccc(c34)C2NS(=O)(=O)c2ccc(Cl)cc2)s1. The second kappa shape index (κ2) is 7.51. The smallest absolute Gasteiger partial charge is 0.241 e. The van der Waals surface area contributed by atoms with Crippen molar-refractivity contribution in [2.75, 3.05) is 5.73 Å². The number of hydrogen-bond donors (Lipinski definition) is 2. The van der Waals surface area contributed by atoms with E-state index in [9.17, 15) is 8.42 Å². The van der Waals surface area contributed by atoms with Crippen molar-refractivity contribution in [3.05, 3.63) is 76.8 Å². The normalized spacial score (nSPS) is 18.2. The first-order valence-electron chi connectivity index (χ1n) is 8.97. The van der Waals surface area contributed by atoms with Crippen LogP contribution in [-0.2, 0) is 10.0 Å². The summed E-state index contributed by atoms with van der Waals surface area (Å²) in [6.07, 6.45) is 0. The molecule has 3 N–H and O–H groups in total. The van der Waals surface area contributed by atoms with Crippen molar-refractivity contribution in [3.63, 3.8) is 0 Å². The van der Waals surface area contributed by atoms with Gasteiger partial charge in [0.25, 0.3) is 0 Å². The van der Waals surface area contributed by atoms with Crippen molar-refractivity contribution in [1.29, 1.82) is 0 Å². The van der Waals surface area contributed by atoms with Gasteiger partial charge in [0.05, 0.1) is 16.2 Å². The van der Waals surface area contributed by atoms with Crippen LogP contribution in [-0.4, -0.2) is 18.6 Å². The van der Waals surface area contributed by atoms with E-state index in [-0.39, 0.29) is 10.1 Å². The molecule has 10 heteroatoms. The lowest BCUT2D eigenvalue weighted by Crippen LogP contribution is -2.29. The fourth-order valence-corrected chi connectivity index (χ4v) is 7.24. The van der Waals surface area contributed by atoms with E-state index in [2.05, 4.69) is 14.9 Å². The number of hydrogen-bond acceptors (Lipinski definition) is 7. The number of benzene rings is 3. The molecule has 1 aromatic heterocycles. The molecule has 0 fully saturated rings. The van der Waals surface area contributed by atoms with Gasteiger partial charge in [-0.3, -0.25) is 0 Å². The molecular formula is C20H15ClN4O2S3. The molecule has 4 aromatic rings. The second-order valence-corrected chi connectivity index (χ2v) is 11.3. The molecule has 6 nitrogen and oxygen atoms in total. The first kappa shape index (κ1) is 19.8. The van der Waals surface area contributed by atoms with Gasteiger partial charge in [0.1, 0.15) is 0 Å². The number of nitrogens with two attached hydrogens (primary N) is 1. The largest absolute Gasteiger partial charge is 0.374 e. The maximum atomic E-state index is 13.2. The topological polar surface area (TPSA) is 98.0 Å². The average Bonchev–Trinajstić information content (AvgIpc) is 3.26. The van der Waals surface area contributed by atoms with Crippen LogP contribution in [0.5, 0.6) is 0 Å². The molecule has 3 aromatic carbocycles. The number of halogens is 1. The van der Waals surface area contributed by atoms with Crippen molar-refractivity contribution < 1.29 is 8.42 Å². The highest BCUT2D eigenvalue weighted by molar-refractivity contribution is 8.01. The van der Waals surface area contributed by atoms with Crippen molar-refractivity contribution in [3.8, 4) is 0 Å². The molecule has 2 unspecified atom stereocenters. The highest BCUT2D eigenvalue weighted by Crippen LogP contribution is 2.53. The number of thioether (sulfide) groups is 1. The molecule has 1 heterocycles. The fourth-order valence-electron chi connectivity index (χ4n) is 3.72. The molecule has 1 aliphatic carbocycles. The molecule has 30 heavy (non-hydrogen) atoms. The van der Waals surface area contributed by atoms with E-state index in [1.54, 1.807) is 12.1 Å². The fraction of sp³-hybridized carbons (Fsp3) is 0.100. The third-order valence-corrected chi connectivity index (χ3v) is 8.83. The zero-order chi connectivity index (χ0) is 20.9. The van der Waals surface area contributed by atoms with Crippen LogP contribution in [0, 0.1) is 0 Å². The summed E-state index contributed by atoms with van der Waals surface area (Å²) in [5.41, 5.74) is 7.75. The van der Waals surface area contributed by atoms with Gasteiger partial charge in [-0.05, 0) is 46.2 Å². The summed E-state index contributed by atoms with van der Waals surface area (Å²) in [5, 5.41) is 10.8. The number of nitrogen functional groups attached to an aromatic ring is 1. The van der Waals surface area contributed by atoms with Gasteiger partial charge in [-0.15, -0.1) is 10.2 Å². The van der Waals surface area contributed by atoms with Gasteiger partial charge in [0.15, 0.2) is 4.34 Å². The maximum absolute atomic E-state index is 13.2. The van der Waals surface area contributed by atoms with Crippen LogP contribution in [0.15, 0.2) is 69.9 Å². The lowest BCUT2D eigenvalue weighted by Gasteiger charge is -2.22. The molecule has 152 valence electrons. The van der Waals surface area contributed by atoms with E-state index in [1.807, 2.05) is 36.4 Å². The van der Waals surface area contributed by atoms with E-state index in [0.29, 0.717) is 14.5 Å². The summed E-state index contributed by atoms with van der Waals surface area (Å²) in [4.78, 5) is 0.166. The molecule has 0 saturated carbocycles. The van der Waals surface area contributed by atoms with Gasteiger partial charge in [-0.2, -0.15) is 0 Å². The monoisotopic (exact) mass is 474 g/mol. The summed E-state index contributed by atoms with van der Waals surface area (Å²) < 4.78 is 29.9. The predicted molar refractivity (Wildman–Crippen MR) is 121 cm³/mol. The molecule has 1 aliphatic rings. The standard InChI is InChI=1S/C20H15ClN4O2S3/c21-12-7-9-13(10-8-12)30(26,27)25-17-14-5-1-3-11-4-2-6-15(16(11)14)18(17)28-20-24-23-19(22)29-20/h1-10,17-18,25H,(H2,22,23). The second-order valence-electron chi connectivity index (χ2n) is 6.79. The predicted octanol–water partition coefficient (Wildman–Crippen LogP) is 4.79. The Kier molecular flexibility index (Phi) is 4.95. The minimum Gasteiger partial charge on any atom is -0.374 e. The van der Waals surface area contributed by atoms with Crippen molar-refractivity contribution in [2.45, 2.75) is 20.5 Å². The highest BCUT2D eigenvalue weighted by atomic mass is 35.5. The number of sulfonamides is 1. The molecule has 5 rings (SSSR count). The third kappa shape index (κ3) is 3.46. The molecular weight excluding hydrogens is 460 g/mol. The minimum absolute atomic E-state index is 0.166. The first-order chi connectivity index (χ1) is 14.4. The zero-order valence-electron chi connectivity index (χ0n) is 15.3. The summed E-state index contributed by atoms with van der Waals surface area (Å²) in [7, 11) is -3.77. The summed E-state index contributed by atoms with van der Waals surface area (Å²) >= 11 is 8.67.